The molecule has 0 N–H and O–H groups in total. The van der Waals surface area contributed by atoms with Crippen LogP contribution in [-0.2, 0) is 0 Å². The van der Waals surface area contributed by atoms with E-state index in [1.807, 2.05) is 60.7 Å². The molecule has 0 radical (unpaired) electrons. The first kappa shape index (κ1) is 35.5. The average Bonchev–Trinajstić information content (AvgIpc) is 3.92. The largest absolute Gasteiger partial charge is 0.456 e. The lowest BCUT2D eigenvalue weighted by atomic mass is 9.94. The molecule has 0 aliphatic carbocycles. The molecule has 5 nitrogen and oxygen atoms in total. The Morgan fingerprint density at radius 1 is 0.210 bits per heavy atom. The van der Waals surface area contributed by atoms with Crippen molar-refractivity contribution < 1.29 is 8.83 Å². The zero-order valence-corrected chi connectivity index (χ0v) is 33.4. The molecule has 9 aromatic carbocycles. The van der Waals surface area contributed by atoms with Crippen molar-refractivity contribution in [3.8, 4) is 78.7 Å². The fourth-order valence-corrected chi connectivity index (χ4v) is 8.60. The highest BCUT2D eigenvalue weighted by Gasteiger charge is 2.17. The first-order valence-electron chi connectivity index (χ1n) is 20.7. The van der Waals surface area contributed by atoms with E-state index in [0.717, 1.165) is 93.9 Å². The molecule has 0 fully saturated rings. The van der Waals surface area contributed by atoms with Crippen molar-refractivity contribution in [1.29, 1.82) is 0 Å². The fraction of sp³-hybridized carbons (Fsp3) is 0. The summed E-state index contributed by atoms with van der Waals surface area (Å²) in [6.07, 6.45) is 0. The summed E-state index contributed by atoms with van der Waals surface area (Å²) in [6, 6.07) is 73.6. The van der Waals surface area contributed by atoms with Gasteiger partial charge in [0.25, 0.3) is 0 Å². The minimum absolute atomic E-state index is 0.582. The summed E-state index contributed by atoms with van der Waals surface area (Å²) in [5.74, 6) is 1.78. The van der Waals surface area contributed by atoms with Gasteiger partial charge in [-0.05, 0) is 111 Å². The molecular formula is C57H35N3O2. The minimum Gasteiger partial charge on any atom is -0.456 e. The normalized spacial score (nSPS) is 11.5. The van der Waals surface area contributed by atoms with Gasteiger partial charge in [-0.3, -0.25) is 0 Å². The second-order valence-corrected chi connectivity index (χ2v) is 15.6. The lowest BCUT2D eigenvalue weighted by Crippen LogP contribution is -2.00. The number of fused-ring (bicyclic) bond motifs is 6. The minimum atomic E-state index is 0.582. The predicted molar refractivity (Wildman–Crippen MR) is 252 cm³/mol. The Morgan fingerprint density at radius 2 is 0.565 bits per heavy atom. The second kappa shape index (κ2) is 14.7. The Bertz CT molecular complexity index is 3510. The third-order valence-electron chi connectivity index (χ3n) is 11.7. The molecule has 290 valence electrons. The van der Waals surface area contributed by atoms with Crippen molar-refractivity contribution in [2.24, 2.45) is 0 Å². The van der Waals surface area contributed by atoms with Gasteiger partial charge in [-0.25, -0.2) is 15.0 Å². The van der Waals surface area contributed by atoms with Crippen molar-refractivity contribution in [2.75, 3.05) is 0 Å². The molecule has 0 saturated heterocycles. The van der Waals surface area contributed by atoms with Crippen LogP contribution >= 0.6 is 0 Å². The van der Waals surface area contributed by atoms with Crippen LogP contribution in [0.15, 0.2) is 221 Å². The van der Waals surface area contributed by atoms with Crippen LogP contribution in [-0.4, -0.2) is 15.0 Å². The predicted octanol–water partition coefficient (Wildman–Crippen LogP) is 15.3. The Balaban J connectivity index is 1.04. The van der Waals surface area contributed by atoms with Gasteiger partial charge in [-0.15, -0.1) is 0 Å². The van der Waals surface area contributed by atoms with E-state index in [0.29, 0.717) is 17.5 Å². The maximum atomic E-state index is 6.23. The number of hydrogen-bond acceptors (Lipinski definition) is 5. The van der Waals surface area contributed by atoms with Crippen LogP contribution in [0.5, 0.6) is 0 Å². The molecule has 0 unspecified atom stereocenters. The van der Waals surface area contributed by atoms with E-state index in [1.54, 1.807) is 0 Å². The van der Waals surface area contributed by atoms with Gasteiger partial charge in [-0.1, -0.05) is 146 Å². The van der Waals surface area contributed by atoms with E-state index < -0.39 is 0 Å². The van der Waals surface area contributed by atoms with Crippen LogP contribution in [0, 0.1) is 0 Å². The van der Waals surface area contributed by atoms with Crippen molar-refractivity contribution in [1.82, 2.24) is 15.0 Å². The number of rotatable bonds is 7. The lowest BCUT2D eigenvalue weighted by molar-refractivity contribution is 0.668. The third kappa shape index (κ3) is 6.40. The SMILES string of the molecule is c1ccc(-c2cccc(-c3cccc(-c4nc(-c5ccccc5)nc(-c5cc(-c6ccc7oc8ccccc8c7c6)cc(-c6ccc7oc8ccccc8c7c6)c5)n4)c3)c2)cc1. The standard InChI is InChI=1S/C57H35N3O2/c1-3-13-36(14-4-1)38-17-11-18-39(29-38)40-19-12-20-43(30-40)56-58-55(37-15-5-2-6-16-37)59-57(60-56)46-32-44(41-25-27-53-49(34-41)47-21-7-9-23-51(47)61-53)31-45(33-46)42-26-28-54-50(35-42)48-22-8-10-24-52(48)62-54/h1-35H. The van der Waals surface area contributed by atoms with E-state index in [-0.39, 0.29) is 0 Å². The molecule has 0 aliphatic heterocycles. The van der Waals surface area contributed by atoms with Crippen LogP contribution in [0.2, 0.25) is 0 Å². The Labute approximate surface area is 357 Å². The van der Waals surface area contributed by atoms with Gasteiger partial charge in [0.2, 0.25) is 0 Å². The summed E-state index contributed by atoms with van der Waals surface area (Å²) in [6.45, 7) is 0. The highest BCUT2D eigenvalue weighted by atomic mass is 16.3. The molecule has 12 aromatic rings. The molecule has 0 saturated carbocycles. The van der Waals surface area contributed by atoms with Crippen molar-refractivity contribution in [3.63, 3.8) is 0 Å². The maximum Gasteiger partial charge on any atom is 0.164 e. The first-order valence-corrected chi connectivity index (χ1v) is 20.7. The number of aromatic nitrogens is 3. The molecule has 62 heavy (non-hydrogen) atoms. The van der Waals surface area contributed by atoms with Gasteiger partial charge in [-0.2, -0.15) is 0 Å². The molecule has 0 atom stereocenters. The van der Waals surface area contributed by atoms with E-state index in [1.165, 1.54) is 11.1 Å². The van der Waals surface area contributed by atoms with Gasteiger partial charge >= 0.3 is 0 Å². The summed E-state index contributed by atoms with van der Waals surface area (Å²) >= 11 is 0. The fourth-order valence-electron chi connectivity index (χ4n) is 8.60. The molecule has 0 amide bonds. The molecule has 12 rings (SSSR count). The van der Waals surface area contributed by atoms with E-state index in [9.17, 15) is 0 Å². The molecule has 5 heteroatoms. The Hall–Kier alpha value is -8.41. The quantitative estimate of drug-likeness (QED) is 0.161. The van der Waals surface area contributed by atoms with Crippen LogP contribution in [0.3, 0.4) is 0 Å². The average molecular weight is 794 g/mol. The second-order valence-electron chi connectivity index (χ2n) is 15.6. The number of para-hydroxylation sites is 2. The van der Waals surface area contributed by atoms with Crippen LogP contribution in [0.25, 0.3) is 123 Å². The zero-order valence-electron chi connectivity index (χ0n) is 33.4. The topological polar surface area (TPSA) is 65.0 Å². The van der Waals surface area contributed by atoms with Gasteiger partial charge in [0.15, 0.2) is 17.5 Å². The summed E-state index contributed by atoms with van der Waals surface area (Å²) in [5, 5.41) is 4.31. The molecule has 3 heterocycles. The number of furan rings is 2. The molecule has 0 spiro atoms. The highest BCUT2D eigenvalue weighted by Crippen LogP contribution is 2.39. The smallest absolute Gasteiger partial charge is 0.164 e. The summed E-state index contributed by atoms with van der Waals surface area (Å²) in [5.41, 5.74) is 14.9. The van der Waals surface area contributed by atoms with Crippen molar-refractivity contribution >= 4 is 43.9 Å². The Morgan fingerprint density at radius 3 is 1.13 bits per heavy atom. The van der Waals surface area contributed by atoms with Gasteiger partial charge in [0.05, 0.1) is 0 Å². The van der Waals surface area contributed by atoms with E-state index in [2.05, 4.69) is 152 Å². The van der Waals surface area contributed by atoms with Crippen molar-refractivity contribution in [2.45, 2.75) is 0 Å². The maximum absolute atomic E-state index is 6.23. The van der Waals surface area contributed by atoms with E-state index >= 15 is 0 Å². The number of benzene rings is 9. The van der Waals surface area contributed by atoms with Crippen LogP contribution < -0.4 is 0 Å². The summed E-state index contributed by atoms with van der Waals surface area (Å²) in [4.78, 5) is 15.6. The highest BCUT2D eigenvalue weighted by molar-refractivity contribution is 6.07. The summed E-state index contributed by atoms with van der Waals surface area (Å²) < 4.78 is 12.5. The monoisotopic (exact) mass is 793 g/mol. The summed E-state index contributed by atoms with van der Waals surface area (Å²) in [7, 11) is 0. The molecule has 0 bridgehead atoms. The van der Waals surface area contributed by atoms with Crippen LogP contribution in [0.4, 0.5) is 0 Å². The third-order valence-corrected chi connectivity index (χ3v) is 11.7. The van der Waals surface area contributed by atoms with Gasteiger partial charge < -0.3 is 8.83 Å². The van der Waals surface area contributed by atoms with Gasteiger partial charge in [0.1, 0.15) is 22.3 Å². The van der Waals surface area contributed by atoms with Crippen molar-refractivity contribution in [3.05, 3.63) is 212 Å². The number of hydrogen-bond donors (Lipinski definition) is 0. The van der Waals surface area contributed by atoms with Gasteiger partial charge in [0, 0.05) is 38.2 Å². The molecular weight excluding hydrogens is 759 g/mol. The Kier molecular flexibility index (Phi) is 8.42. The molecule has 3 aromatic heterocycles. The first-order chi connectivity index (χ1) is 30.7. The van der Waals surface area contributed by atoms with E-state index in [4.69, 9.17) is 23.8 Å². The molecule has 0 aliphatic rings. The zero-order chi connectivity index (χ0) is 41.0. The number of nitrogens with zero attached hydrogens (tertiary/aromatic N) is 3. The lowest BCUT2D eigenvalue weighted by Gasteiger charge is -2.13. The van der Waals surface area contributed by atoms with Crippen LogP contribution in [0.1, 0.15) is 0 Å².